The first-order valence-corrected chi connectivity index (χ1v) is 8.41. The van der Waals surface area contributed by atoms with Crippen LogP contribution in [0.2, 0.25) is 0 Å². The van der Waals surface area contributed by atoms with Crippen LogP contribution in [0.1, 0.15) is 16.2 Å². The molecule has 0 aliphatic heterocycles. The predicted octanol–water partition coefficient (Wildman–Crippen LogP) is 2.59. The first-order chi connectivity index (χ1) is 13.2. The van der Waals surface area contributed by atoms with Crippen molar-refractivity contribution >= 4 is 16.8 Å². The third kappa shape index (κ3) is 3.50. The van der Waals surface area contributed by atoms with Crippen LogP contribution in [0.5, 0.6) is 5.75 Å². The second-order valence-corrected chi connectivity index (χ2v) is 5.89. The molecule has 1 amide bonds. The molecule has 0 radical (unpaired) electrons. The van der Waals surface area contributed by atoms with Crippen molar-refractivity contribution in [2.75, 3.05) is 13.7 Å². The van der Waals surface area contributed by atoms with Crippen LogP contribution in [-0.4, -0.2) is 39.7 Å². The molecule has 3 aromatic heterocycles. The van der Waals surface area contributed by atoms with Gasteiger partial charge in [-0.3, -0.25) is 9.78 Å². The highest BCUT2D eigenvalue weighted by atomic mass is 16.5. The van der Waals surface area contributed by atoms with E-state index in [1.54, 1.807) is 31.6 Å². The summed E-state index contributed by atoms with van der Waals surface area (Å²) >= 11 is 0. The summed E-state index contributed by atoms with van der Waals surface area (Å²) in [6, 6.07) is 9.34. The lowest BCUT2D eigenvalue weighted by atomic mass is 10.1. The lowest BCUT2D eigenvalue weighted by molar-refractivity contribution is 0.0910. The summed E-state index contributed by atoms with van der Waals surface area (Å²) < 4.78 is 10.3. The Morgan fingerprint density at radius 2 is 2.11 bits per heavy atom. The van der Waals surface area contributed by atoms with Gasteiger partial charge >= 0.3 is 11.8 Å². The Hall–Kier alpha value is -3.68. The Morgan fingerprint density at radius 1 is 1.26 bits per heavy atom. The summed E-state index contributed by atoms with van der Waals surface area (Å²) in [5.74, 6) is 0.677. The summed E-state index contributed by atoms with van der Waals surface area (Å²) in [4.78, 5) is 23.5. The molecule has 0 saturated heterocycles. The Morgan fingerprint density at radius 3 is 2.93 bits per heavy atom. The largest absolute Gasteiger partial charge is 0.497 e. The molecule has 0 unspecified atom stereocenters. The number of hydrogen-bond donors (Lipinski definition) is 2. The van der Waals surface area contributed by atoms with Gasteiger partial charge in [-0.15, -0.1) is 0 Å². The Kier molecular flexibility index (Phi) is 4.52. The number of ether oxygens (including phenoxy) is 1. The fourth-order valence-corrected chi connectivity index (χ4v) is 2.81. The third-order valence-electron chi connectivity index (χ3n) is 4.21. The maximum Gasteiger partial charge on any atom is 0.316 e. The highest BCUT2D eigenvalue weighted by molar-refractivity contribution is 5.90. The molecule has 0 fully saturated rings. The molecule has 27 heavy (non-hydrogen) atoms. The molecule has 8 nitrogen and oxygen atoms in total. The number of carbonyl (C=O) groups is 1. The Balaban J connectivity index is 1.40. The molecule has 4 aromatic rings. The third-order valence-corrected chi connectivity index (χ3v) is 4.21. The number of pyridine rings is 1. The maximum absolute atomic E-state index is 12.2. The molecule has 0 atom stereocenters. The van der Waals surface area contributed by atoms with E-state index in [-0.39, 0.29) is 5.89 Å². The van der Waals surface area contributed by atoms with Crippen LogP contribution >= 0.6 is 0 Å². The normalized spacial score (nSPS) is 10.9. The molecule has 0 spiro atoms. The highest BCUT2D eigenvalue weighted by Gasteiger charge is 2.16. The topological polar surface area (TPSA) is 106 Å². The zero-order valence-electron chi connectivity index (χ0n) is 14.6. The van der Waals surface area contributed by atoms with Gasteiger partial charge in [-0.2, -0.15) is 4.98 Å². The van der Waals surface area contributed by atoms with Crippen molar-refractivity contribution in [3.8, 4) is 17.1 Å². The second kappa shape index (κ2) is 7.28. The quantitative estimate of drug-likeness (QED) is 0.545. The zero-order valence-corrected chi connectivity index (χ0v) is 14.6. The molecule has 136 valence electrons. The minimum absolute atomic E-state index is 0.0672. The van der Waals surface area contributed by atoms with Gasteiger partial charge in [0.05, 0.1) is 7.11 Å². The van der Waals surface area contributed by atoms with Crippen molar-refractivity contribution in [1.29, 1.82) is 0 Å². The zero-order chi connectivity index (χ0) is 18.6. The number of nitrogens with one attached hydrogen (secondary N) is 2. The van der Waals surface area contributed by atoms with Crippen molar-refractivity contribution in [2.24, 2.45) is 0 Å². The molecular weight excluding hydrogens is 346 g/mol. The number of carbonyl (C=O) groups excluding carboxylic acids is 1. The SMILES string of the molecule is COc1ccc2[nH]cc(CCNC(=O)c3nc(-c4ccncc4)no3)c2c1. The van der Waals surface area contributed by atoms with Crippen molar-refractivity contribution in [3.05, 3.63) is 60.4 Å². The van der Waals surface area contributed by atoms with Crippen molar-refractivity contribution in [1.82, 2.24) is 25.4 Å². The van der Waals surface area contributed by atoms with E-state index in [1.165, 1.54) is 0 Å². The molecular formula is C19H17N5O3. The monoisotopic (exact) mass is 363 g/mol. The van der Waals surface area contributed by atoms with E-state index < -0.39 is 5.91 Å². The minimum atomic E-state index is -0.403. The van der Waals surface area contributed by atoms with Gasteiger partial charge in [-0.05, 0) is 42.3 Å². The second-order valence-electron chi connectivity index (χ2n) is 5.89. The van der Waals surface area contributed by atoms with Gasteiger partial charge in [0.25, 0.3) is 0 Å². The molecule has 0 aliphatic carbocycles. The molecule has 0 aliphatic rings. The summed E-state index contributed by atoms with van der Waals surface area (Å²) in [7, 11) is 1.64. The van der Waals surface area contributed by atoms with Gasteiger partial charge in [-0.1, -0.05) is 5.16 Å². The van der Waals surface area contributed by atoms with Crippen molar-refractivity contribution < 1.29 is 14.1 Å². The van der Waals surface area contributed by atoms with E-state index in [9.17, 15) is 4.79 Å². The fraction of sp³-hybridized carbons (Fsp3) is 0.158. The Labute approximate surface area is 154 Å². The smallest absolute Gasteiger partial charge is 0.316 e. The molecule has 3 heterocycles. The number of methoxy groups -OCH3 is 1. The number of aromatic nitrogens is 4. The van der Waals surface area contributed by atoms with Gasteiger partial charge in [0.2, 0.25) is 5.82 Å². The lowest BCUT2D eigenvalue weighted by Gasteiger charge is -2.03. The molecule has 1 aromatic carbocycles. The average molecular weight is 363 g/mol. The predicted molar refractivity (Wildman–Crippen MR) is 98.4 cm³/mol. The van der Waals surface area contributed by atoms with Gasteiger partial charge in [0.15, 0.2) is 0 Å². The van der Waals surface area contributed by atoms with Crippen molar-refractivity contribution in [2.45, 2.75) is 6.42 Å². The first-order valence-electron chi connectivity index (χ1n) is 8.41. The van der Waals surface area contributed by atoms with E-state index in [0.717, 1.165) is 27.8 Å². The summed E-state index contributed by atoms with van der Waals surface area (Å²) in [5.41, 5.74) is 2.85. The van der Waals surface area contributed by atoms with Gasteiger partial charge in [-0.25, -0.2) is 0 Å². The first kappa shape index (κ1) is 16.8. The van der Waals surface area contributed by atoms with E-state index in [2.05, 4.69) is 25.4 Å². The number of rotatable bonds is 6. The van der Waals surface area contributed by atoms with Crippen LogP contribution in [0, 0.1) is 0 Å². The number of aromatic amines is 1. The lowest BCUT2D eigenvalue weighted by Crippen LogP contribution is -2.25. The fourth-order valence-electron chi connectivity index (χ4n) is 2.81. The summed E-state index contributed by atoms with van der Waals surface area (Å²) in [6.45, 7) is 0.440. The molecule has 8 heteroatoms. The van der Waals surface area contributed by atoms with Gasteiger partial charge in [0, 0.05) is 41.6 Å². The van der Waals surface area contributed by atoms with Crippen molar-refractivity contribution in [3.63, 3.8) is 0 Å². The van der Waals surface area contributed by atoms with E-state index in [0.29, 0.717) is 18.8 Å². The van der Waals surface area contributed by atoms with E-state index in [1.807, 2.05) is 24.4 Å². The molecule has 0 saturated carbocycles. The number of hydrogen-bond acceptors (Lipinski definition) is 6. The summed E-state index contributed by atoms with van der Waals surface area (Å²) in [5, 5.41) is 7.71. The van der Waals surface area contributed by atoms with Crippen LogP contribution in [0.4, 0.5) is 0 Å². The summed E-state index contributed by atoms with van der Waals surface area (Å²) in [6.07, 6.45) is 5.85. The number of nitrogens with zero attached hydrogens (tertiary/aromatic N) is 3. The van der Waals surface area contributed by atoms with Gasteiger partial charge in [0.1, 0.15) is 5.75 Å². The van der Waals surface area contributed by atoms with Crippen LogP contribution in [0.25, 0.3) is 22.3 Å². The number of amides is 1. The Bertz CT molecular complexity index is 1070. The standard InChI is InChI=1S/C19H17N5O3/c1-26-14-2-3-16-15(10-14)13(11-22-16)6-9-21-18(25)19-23-17(24-27-19)12-4-7-20-8-5-12/h2-5,7-8,10-11,22H,6,9H2,1H3,(H,21,25). The number of H-pyrrole nitrogens is 1. The molecule has 2 N–H and O–H groups in total. The molecule has 4 rings (SSSR count). The van der Waals surface area contributed by atoms with Crippen LogP contribution in [0.15, 0.2) is 53.4 Å². The number of fused-ring (bicyclic) bond motifs is 1. The van der Waals surface area contributed by atoms with Crippen LogP contribution in [0.3, 0.4) is 0 Å². The number of benzene rings is 1. The minimum Gasteiger partial charge on any atom is -0.497 e. The van der Waals surface area contributed by atoms with E-state index >= 15 is 0 Å². The van der Waals surface area contributed by atoms with E-state index in [4.69, 9.17) is 9.26 Å². The van der Waals surface area contributed by atoms with Crippen LogP contribution < -0.4 is 10.1 Å². The molecule has 0 bridgehead atoms. The maximum atomic E-state index is 12.2. The van der Waals surface area contributed by atoms with Crippen LogP contribution in [-0.2, 0) is 6.42 Å². The average Bonchev–Trinajstić information content (AvgIpc) is 3.36. The highest BCUT2D eigenvalue weighted by Crippen LogP contribution is 2.23. The van der Waals surface area contributed by atoms with Gasteiger partial charge < -0.3 is 19.6 Å².